The maximum absolute atomic E-state index is 13.1. The van der Waals surface area contributed by atoms with Gasteiger partial charge in [0.1, 0.15) is 5.82 Å². The van der Waals surface area contributed by atoms with Crippen LogP contribution in [-0.2, 0) is 5.41 Å². The highest BCUT2D eigenvalue weighted by atomic mass is 19.1. The molecule has 1 saturated carbocycles. The summed E-state index contributed by atoms with van der Waals surface area (Å²) in [5, 5.41) is 0. The van der Waals surface area contributed by atoms with Gasteiger partial charge in [0.15, 0.2) is 0 Å². The zero-order valence-corrected chi connectivity index (χ0v) is 8.68. The molecule has 1 aromatic carbocycles. The molecule has 0 amide bonds. The Kier molecular flexibility index (Phi) is 2.11. The quantitative estimate of drug-likeness (QED) is 0.767. The van der Waals surface area contributed by atoms with Crippen LogP contribution in [0.1, 0.15) is 30.9 Å². The molecule has 1 unspecified atom stereocenters. The second-order valence-corrected chi connectivity index (χ2v) is 4.40. The second-order valence-electron chi connectivity index (χ2n) is 4.40. The highest BCUT2D eigenvalue weighted by Crippen LogP contribution is 2.51. The molecule has 14 heavy (non-hydrogen) atoms. The molecule has 1 aromatic rings. The molecular formula is C12H16FN. The molecule has 1 fully saturated rings. The van der Waals surface area contributed by atoms with E-state index in [2.05, 4.69) is 0 Å². The number of halogens is 1. The summed E-state index contributed by atoms with van der Waals surface area (Å²) in [7, 11) is 0. The maximum atomic E-state index is 13.1. The first-order valence-electron chi connectivity index (χ1n) is 5.08. The van der Waals surface area contributed by atoms with Crippen molar-refractivity contribution in [2.24, 2.45) is 5.73 Å². The van der Waals surface area contributed by atoms with Crippen LogP contribution in [0.15, 0.2) is 18.2 Å². The molecule has 1 aliphatic carbocycles. The van der Waals surface area contributed by atoms with E-state index in [0.717, 1.165) is 24.0 Å². The number of hydrogen-bond donors (Lipinski definition) is 1. The van der Waals surface area contributed by atoms with Crippen LogP contribution in [0.25, 0.3) is 0 Å². The predicted molar refractivity (Wildman–Crippen MR) is 55.7 cm³/mol. The minimum Gasteiger partial charge on any atom is -0.327 e. The van der Waals surface area contributed by atoms with Gasteiger partial charge < -0.3 is 5.73 Å². The normalized spacial score (nSPS) is 20.6. The SMILES string of the molecule is Cc1ccc(F)cc1C1(C(C)N)CC1. The van der Waals surface area contributed by atoms with E-state index in [4.69, 9.17) is 5.73 Å². The van der Waals surface area contributed by atoms with Gasteiger partial charge in [-0.25, -0.2) is 4.39 Å². The first-order valence-corrected chi connectivity index (χ1v) is 5.08. The van der Waals surface area contributed by atoms with E-state index in [9.17, 15) is 4.39 Å². The van der Waals surface area contributed by atoms with Gasteiger partial charge in [-0.15, -0.1) is 0 Å². The van der Waals surface area contributed by atoms with Crippen molar-refractivity contribution in [2.45, 2.75) is 38.1 Å². The highest BCUT2D eigenvalue weighted by Gasteiger charge is 2.48. The van der Waals surface area contributed by atoms with Gasteiger partial charge in [0.2, 0.25) is 0 Å². The number of hydrogen-bond acceptors (Lipinski definition) is 1. The van der Waals surface area contributed by atoms with Crippen molar-refractivity contribution in [1.29, 1.82) is 0 Å². The average molecular weight is 193 g/mol. The van der Waals surface area contributed by atoms with Gasteiger partial charge in [-0.2, -0.15) is 0 Å². The Morgan fingerprint density at radius 2 is 2.07 bits per heavy atom. The molecular weight excluding hydrogens is 177 g/mol. The Hall–Kier alpha value is -0.890. The molecule has 2 N–H and O–H groups in total. The van der Waals surface area contributed by atoms with Gasteiger partial charge in [-0.05, 0) is 49.9 Å². The van der Waals surface area contributed by atoms with E-state index in [1.807, 2.05) is 19.9 Å². The van der Waals surface area contributed by atoms with E-state index >= 15 is 0 Å². The van der Waals surface area contributed by atoms with Crippen LogP contribution in [0.4, 0.5) is 4.39 Å². The van der Waals surface area contributed by atoms with E-state index in [0.29, 0.717) is 0 Å². The molecule has 0 heterocycles. The summed E-state index contributed by atoms with van der Waals surface area (Å²) in [4.78, 5) is 0. The Morgan fingerprint density at radius 1 is 1.43 bits per heavy atom. The number of aryl methyl sites for hydroxylation is 1. The van der Waals surface area contributed by atoms with Crippen LogP contribution in [0.2, 0.25) is 0 Å². The summed E-state index contributed by atoms with van der Waals surface area (Å²) < 4.78 is 13.1. The molecule has 2 rings (SSSR count). The lowest BCUT2D eigenvalue weighted by atomic mass is 9.86. The fraction of sp³-hybridized carbons (Fsp3) is 0.500. The third kappa shape index (κ3) is 1.34. The van der Waals surface area contributed by atoms with Crippen LogP contribution < -0.4 is 5.73 Å². The summed E-state index contributed by atoms with van der Waals surface area (Å²) in [6.07, 6.45) is 2.18. The highest BCUT2D eigenvalue weighted by molar-refractivity contribution is 5.39. The second kappa shape index (κ2) is 3.06. The summed E-state index contributed by atoms with van der Waals surface area (Å²) >= 11 is 0. The summed E-state index contributed by atoms with van der Waals surface area (Å²) in [5.74, 6) is -0.155. The zero-order valence-electron chi connectivity index (χ0n) is 8.68. The summed E-state index contributed by atoms with van der Waals surface area (Å²) in [6.45, 7) is 4.04. The molecule has 0 spiro atoms. The van der Waals surface area contributed by atoms with Crippen molar-refractivity contribution in [3.05, 3.63) is 35.1 Å². The van der Waals surface area contributed by atoms with Gasteiger partial charge in [-0.1, -0.05) is 6.07 Å². The number of rotatable bonds is 2. The van der Waals surface area contributed by atoms with Crippen molar-refractivity contribution in [3.8, 4) is 0 Å². The van der Waals surface area contributed by atoms with Gasteiger partial charge in [0.05, 0.1) is 0 Å². The molecule has 1 aliphatic rings. The van der Waals surface area contributed by atoms with Crippen molar-refractivity contribution in [2.75, 3.05) is 0 Å². The third-order valence-electron chi connectivity index (χ3n) is 3.40. The Labute approximate surface area is 84.1 Å². The summed E-state index contributed by atoms with van der Waals surface area (Å²) in [5.41, 5.74) is 8.28. The van der Waals surface area contributed by atoms with E-state index in [-0.39, 0.29) is 17.3 Å². The molecule has 1 atom stereocenters. The fourth-order valence-electron chi connectivity index (χ4n) is 2.24. The topological polar surface area (TPSA) is 26.0 Å². The Bertz CT molecular complexity index is 353. The van der Waals surface area contributed by atoms with Crippen molar-refractivity contribution in [3.63, 3.8) is 0 Å². The third-order valence-corrected chi connectivity index (χ3v) is 3.40. The molecule has 0 bridgehead atoms. The van der Waals surface area contributed by atoms with Crippen LogP contribution in [0.5, 0.6) is 0 Å². The maximum Gasteiger partial charge on any atom is 0.123 e. The summed E-state index contributed by atoms with van der Waals surface area (Å²) in [6, 6.07) is 5.11. The first-order chi connectivity index (χ1) is 6.56. The molecule has 1 nitrogen and oxygen atoms in total. The Balaban J connectivity index is 2.46. The minimum atomic E-state index is -0.155. The largest absolute Gasteiger partial charge is 0.327 e. The molecule has 0 aromatic heterocycles. The van der Waals surface area contributed by atoms with E-state index in [1.54, 1.807) is 6.07 Å². The van der Waals surface area contributed by atoms with Crippen LogP contribution in [0, 0.1) is 12.7 Å². The van der Waals surface area contributed by atoms with Crippen molar-refractivity contribution >= 4 is 0 Å². The van der Waals surface area contributed by atoms with Gasteiger partial charge in [0, 0.05) is 11.5 Å². The molecule has 2 heteroatoms. The lowest BCUT2D eigenvalue weighted by Gasteiger charge is -2.22. The smallest absolute Gasteiger partial charge is 0.123 e. The molecule has 0 radical (unpaired) electrons. The predicted octanol–water partition coefficient (Wildman–Crippen LogP) is 2.51. The Morgan fingerprint density at radius 3 is 2.57 bits per heavy atom. The van der Waals surface area contributed by atoms with Gasteiger partial charge in [0.25, 0.3) is 0 Å². The van der Waals surface area contributed by atoms with E-state index < -0.39 is 0 Å². The standard InChI is InChI=1S/C12H16FN/c1-8-3-4-10(13)7-11(8)12(5-6-12)9(2)14/h3-4,7,9H,5-6,14H2,1-2H3. The minimum absolute atomic E-state index is 0.0617. The zero-order chi connectivity index (χ0) is 10.3. The lowest BCUT2D eigenvalue weighted by Crippen LogP contribution is -2.32. The lowest BCUT2D eigenvalue weighted by molar-refractivity contribution is 0.545. The van der Waals surface area contributed by atoms with Crippen molar-refractivity contribution < 1.29 is 4.39 Å². The molecule has 0 aliphatic heterocycles. The first kappa shape index (κ1) is 9.66. The van der Waals surface area contributed by atoms with Crippen molar-refractivity contribution in [1.82, 2.24) is 0 Å². The van der Waals surface area contributed by atoms with Gasteiger partial charge in [-0.3, -0.25) is 0 Å². The van der Waals surface area contributed by atoms with Crippen LogP contribution in [-0.4, -0.2) is 6.04 Å². The van der Waals surface area contributed by atoms with Crippen LogP contribution >= 0.6 is 0 Å². The van der Waals surface area contributed by atoms with Gasteiger partial charge >= 0.3 is 0 Å². The molecule has 0 saturated heterocycles. The van der Waals surface area contributed by atoms with Crippen LogP contribution in [0.3, 0.4) is 0 Å². The fourth-order valence-corrected chi connectivity index (χ4v) is 2.24. The van der Waals surface area contributed by atoms with E-state index in [1.165, 1.54) is 6.07 Å². The monoisotopic (exact) mass is 193 g/mol. The average Bonchev–Trinajstić information content (AvgIpc) is 2.90. The molecule has 76 valence electrons. The number of nitrogens with two attached hydrogens (primary N) is 1. The number of benzene rings is 1.